The van der Waals surface area contributed by atoms with Gasteiger partial charge in [0.05, 0.1) is 0 Å². The molecule has 0 aliphatic heterocycles. The van der Waals surface area contributed by atoms with Gasteiger partial charge in [0.1, 0.15) is 12.1 Å². The average molecular weight is 190 g/mol. The first kappa shape index (κ1) is 12.3. The van der Waals surface area contributed by atoms with Crippen molar-refractivity contribution in [3.05, 3.63) is 42.0 Å². The fraction of sp³-hybridized carbons (Fsp3) is 0.167. The van der Waals surface area contributed by atoms with E-state index in [1.54, 1.807) is 6.08 Å². The van der Waals surface area contributed by atoms with Gasteiger partial charge in [0.15, 0.2) is 0 Å². The number of aldehydes is 1. The van der Waals surface area contributed by atoms with Crippen molar-refractivity contribution >= 4 is 18.1 Å². The molecule has 1 rings (SSSR count). The SMILES string of the molecule is CC(C)=O.O=C/C=C/c1ccccc1. The van der Waals surface area contributed by atoms with Crippen LogP contribution in [0, 0.1) is 0 Å². The van der Waals surface area contributed by atoms with E-state index in [4.69, 9.17) is 0 Å². The molecule has 1 aromatic carbocycles. The van der Waals surface area contributed by atoms with Crippen LogP contribution in [0.5, 0.6) is 0 Å². The van der Waals surface area contributed by atoms with Gasteiger partial charge in [-0.2, -0.15) is 0 Å². The summed E-state index contributed by atoms with van der Waals surface area (Å²) in [5.41, 5.74) is 1.05. The fourth-order valence-electron chi connectivity index (χ4n) is 0.715. The van der Waals surface area contributed by atoms with Gasteiger partial charge in [0, 0.05) is 0 Å². The van der Waals surface area contributed by atoms with Crippen molar-refractivity contribution in [3.63, 3.8) is 0 Å². The molecule has 0 saturated carbocycles. The van der Waals surface area contributed by atoms with Crippen LogP contribution in [0.4, 0.5) is 0 Å². The largest absolute Gasteiger partial charge is 0.300 e. The second kappa shape index (κ2) is 7.92. The number of hydrogen-bond donors (Lipinski definition) is 0. The lowest BCUT2D eigenvalue weighted by Crippen LogP contribution is -1.69. The Hall–Kier alpha value is -1.70. The summed E-state index contributed by atoms with van der Waals surface area (Å²) in [4.78, 5) is 19.3. The summed E-state index contributed by atoms with van der Waals surface area (Å²) < 4.78 is 0. The Morgan fingerprint density at radius 3 is 2.07 bits per heavy atom. The second-order valence-electron chi connectivity index (χ2n) is 2.81. The summed E-state index contributed by atoms with van der Waals surface area (Å²) in [5, 5.41) is 0. The van der Waals surface area contributed by atoms with Gasteiger partial charge in [-0.3, -0.25) is 4.79 Å². The smallest absolute Gasteiger partial charge is 0.142 e. The maximum Gasteiger partial charge on any atom is 0.142 e. The van der Waals surface area contributed by atoms with E-state index in [1.165, 1.54) is 19.9 Å². The minimum atomic E-state index is 0.167. The van der Waals surface area contributed by atoms with E-state index in [1.807, 2.05) is 30.3 Å². The third-order valence-corrected chi connectivity index (χ3v) is 1.17. The lowest BCUT2D eigenvalue weighted by molar-refractivity contribution is -0.115. The quantitative estimate of drug-likeness (QED) is 0.530. The molecule has 14 heavy (non-hydrogen) atoms. The normalized spacial score (nSPS) is 9.00. The summed E-state index contributed by atoms with van der Waals surface area (Å²) in [7, 11) is 0. The highest BCUT2D eigenvalue weighted by Crippen LogP contribution is 1.99. The van der Waals surface area contributed by atoms with Crippen LogP contribution < -0.4 is 0 Å². The predicted octanol–water partition coefficient (Wildman–Crippen LogP) is 2.49. The van der Waals surface area contributed by atoms with E-state index in [0.29, 0.717) is 0 Å². The van der Waals surface area contributed by atoms with Crippen LogP contribution in [-0.4, -0.2) is 12.1 Å². The zero-order chi connectivity index (χ0) is 10.8. The Balaban J connectivity index is 0.000000364. The van der Waals surface area contributed by atoms with Gasteiger partial charge in [0.2, 0.25) is 0 Å². The molecule has 0 aliphatic rings. The van der Waals surface area contributed by atoms with Crippen LogP contribution in [0.15, 0.2) is 36.4 Å². The predicted molar refractivity (Wildman–Crippen MR) is 57.9 cm³/mol. The van der Waals surface area contributed by atoms with E-state index in [9.17, 15) is 9.59 Å². The number of allylic oxidation sites excluding steroid dienone is 1. The monoisotopic (exact) mass is 190 g/mol. The number of Topliss-reactive ketones (excluding diaryl/α,β-unsaturated/α-hetero) is 1. The van der Waals surface area contributed by atoms with Gasteiger partial charge >= 0.3 is 0 Å². The van der Waals surface area contributed by atoms with Crippen molar-refractivity contribution in [2.75, 3.05) is 0 Å². The van der Waals surface area contributed by atoms with Crippen LogP contribution in [-0.2, 0) is 9.59 Å². The van der Waals surface area contributed by atoms with Crippen molar-refractivity contribution in [1.29, 1.82) is 0 Å². The van der Waals surface area contributed by atoms with E-state index in [0.717, 1.165) is 11.8 Å². The molecule has 2 nitrogen and oxygen atoms in total. The number of rotatable bonds is 2. The molecule has 0 heterocycles. The molecule has 0 spiro atoms. The van der Waals surface area contributed by atoms with Gasteiger partial charge in [-0.1, -0.05) is 36.4 Å². The summed E-state index contributed by atoms with van der Waals surface area (Å²) in [5.74, 6) is 0.167. The Morgan fingerprint density at radius 2 is 1.64 bits per heavy atom. The van der Waals surface area contributed by atoms with Crippen LogP contribution in [0.3, 0.4) is 0 Å². The molecule has 0 atom stereocenters. The van der Waals surface area contributed by atoms with Gasteiger partial charge < -0.3 is 4.79 Å². The van der Waals surface area contributed by atoms with E-state index >= 15 is 0 Å². The second-order valence-corrected chi connectivity index (χ2v) is 2.81. The van der Waals surface area contributed by atoms with Crippen molar-refractivity contribution < 1.29 is 9.59 Å². The molecular weight excluding hydrogens is 176 g/mol. The fourth-order valence-corrected chi connectivity index (χ4v) is 0.715. The molecule has 0 fully saturated rings. The molecule has 2 heteroatoms. The first-order valence-electron chi connectivity index (χ1n) is 4.31. The van der Waals surface area contributed by atoms with Crippen LogP contribution in [0.1, 0.15) is 19.4 Å². The number of carbonyl (C=O) groups excluding carboxylic acids is 2. The van der Waals surface area contributed by atoms with Crippen LogP contribution >= 0.6 is 0 Å². The summed E-state index contributed by atoms with van der Waals surface area (Å²) in [6, 6.07) is 9.70. The molecule has 0 radical (unpaired) electrons. The third kappa shape index (κ3) is 8.40. The molecule has 0 saturated heterocycles. The third-order valence-electron chi connectivity index (χ3n) is 1.17. The topological polar surface area (TPSA) is 34.1 Å². The molecule has 74 valence electrons. The molecule has 0 unspecified atom stereocenters. The first-order valence-corrected chi connectivity index (χ1v) is 4.31. The maximum atomic E-state index is 9.89. The van der Waals surface area contributed by atoms with Crippen molar-refractivity contribution in [2.45, 2.75) is 13.8 Å². The Kier molecular flexibility index (Phi) is 6.96. The highest BCUT2D eigenvalue weighted by molar-refractivity contribution is 5.73. The lowest BCUT2D eigenvalue weighted by atomic mass is 10.2. The van der Waals surface area contributed by atoms with E-state index in [2.05, 4.69) is 0 Å². The van der Waals surface area contributed by atoms with Crippen molar-refractivity contribution in [2.24, 2.45) is 0 Å². The zero-order valence-electron chi connectivity index (χ0n) is 8.44. The molecule has 0 aliphatic carbocycles. The van der Waals surface area contributed by atoms with Gasteiger partial charge in [-0.25, -0.2) is 0 Å². The number of hydrogen-bond acceptors (Lipinski definition) is 2. The number of benzene rings is 1. The van der Waals surface area contributed by atoms with Crippen LogP contribution in [0.2, 0.25) is 0 Å². The first-order chi connectivity index (χ1) is 6.66. The lowest BCUT2D eigenvalue weighted by Gasteiger charge is -1.86. The Bertz CT molecular complexity index is 295. The minimum Gasteiger partial charge on any atom is -0.300 e. The molecule has 0 aromatic heterocycles. The molecule has 0 N–H and O–H groups in total. The van der Waals surface area contributed by atoms with Crippen LogP contribution in [0.25, 0.3) is 6.08 Å². The summed E-state index contributed by atoms with van der Waals surface area (Å²) >= 11 is 0. The molecule has 0 bridgehead atoms. The van der Waals surface area contributed by atoms with Gasteiger partial charge in [-0.15, -0.1) is 0 Å². The Labute approximate surface area is 84.3 Å². The highest BCUT2D eigenvalue weighted by Gasteiger charge is 1.79. The molecular formula is C12H14O2. The zero-order valence-corrected chi connectivity index (χ0v) is 8.44. The van der Waals surface area contributed by atoms with E-state index in [-0.39, 0.29) is 5.78 Å². The summed E-state index contributed by atoms with van der Waals surface area (Å²) in [6.45, 7) is 3.06. The maximum absolute atomic E-state index is 9.89. The van der Waals surface area contributed by atoms with Gasteiger partial charge in [0.25, 0.3) is 0 Å². The van der Waals surface area contributed by atoms with Crippen molar-refractivity contribution in [1.82, 2.24) is 0 Å². The van der Waals surface area contributed by atoms with E-state index < -0.39 is 0 Å². The Morgan fingerprint density at radius 1 is 1.14 bits per heavy atom. The number of ketones is 1. The minimum absolute atomic E-state index is 0.167. The van der Waals surface area contributed by atoms with Gasteiger partial charge in [-0.05, 0) is 25.5 Å². The standard InChI is InChI=1S/C9H8O.C3H6O/c10-8-4-7-9-5-2-1-3-6-9;1-3(2)4/h1-8H;1-2H3/b7-4+;. The average Bonchev–Trinajstić information content (AvgIpc) is 2.15. The molecule has 1 aromatic rings. The highest BCUT2D eigenvalue weighted by atomic mass is 16.1. The summed E-state index contributed by atoms with van der Waals surface area (Å²) in [6.07, 6.45) is 4.02. The number of carbonyl (C=O) groups is 2. The van der Waals surface area contributed by atoms with Crippen molar-refractivity contribution in [3.8, 4) is 0 Å². The molecule has 0 amide bonds.